The Labute approximate surface area is 137 Å². The van der Waals surface area contributed by atoms with Crippen molar-refractivity contribution in [2.45, 2.75) is 37.6 Å². The van der Waals surface area contributed by atoms with Crippen LogP contribution in [0.5, 0.6) is 0 Å². The van der Waals surface area contributed by atoms with Crippen molar-refractivity contribution in [3.63, 3.8) is 0 Å². The molecule has 5 nitrogen and oxygen atoms in total. The molecule has 22 heavy (non-hydrogen) atoms. The molecule has 1 fully saturated rings. The summed E-state index contributed by atoms with van der Waals surface area (Å²) in [5.74, 6) is -2.24. The van der Waals surface area contributed by atoms with Gasteiger partial charge in [0.25, 0.3) is 0 Å². The van der Waals surface area contributed by atoms with E-state index in [1.54, 1.807) is 6.92 Å². The Kier molecular flexibility index (Phi) is 4.93. The van der Waals surface area contributed by atoms with E-state index in [-0.39, 0.29) is 22.0 Å². The predicted octanol–water partition coefficient (Wildman–Crippen LogP) is 2.77. The highest BCUT2D eigenvalue weighted by atomic mass is 79.9. The van der Waals surface area contributed by atoms with E-state index in [2.05, 4.69) is 15.9 Å². The van der Waals surface area contributed by atoms with Gasteiger partial charge in [-0.1, -0.05) is 0 Å². The number of carboxylic acid groups (broad SMARTS) is 1. The number of aryl methyl sites for hydroxylation is 1. The minimum Gasteiger partial charge on any atom is -0.481 e. The molecular weight excluding hydrogens is 377 g/mol. The molecule has 1 aliphatic rings. The van der Waals surface area contributed by atoms with Gasteiger partial charge in [-0.15, -0.1) is 0 Å². The van der Waals surface area contributed by atoms with Crippen LogP contribution in [-0.2, 0) is 14.8 Å². The molecule has 0 aliphatic carbocycles. The number of hydrogen-bond donors (Lipinski definition) is 1. The summed E-state index contributed by atoms with van der Waals surface area (Å²) in [6.07, 6.45) is 0.937. The summed E-state index contributed by atoms with van der Waals surface area (Å²) >= 11 is 2.99. The highest BCUT2D eigenvalue weighted by Gasteiger charge is 2.38. The lowest BCUT2D eigenvalue weighted by molar-refractivity contribution is -0.143. The number of aliphatic carboxylic acids is 1. The smallest absolute Gasteiger partial charge is 0.307 e. The molecule has 2 atom stereocenters. The van der Waals surface area contributed by atoms with Crippen LogP contribution in [0.2, 0.25) is 0 Å². The van der Waals surface area contributed by atoms with E-state index in [1.165, 1.54) is 17.3 Å². The molecule has 1 aliphatic heterocycles. The monoisotopic (exact) mass is 393 g/mol. The van der Waals surface area contributed by atoms with Crippen molar-refractivity contribution in [3.8, 4) is 0 Å². The van der Waals surface area contributed by atoms with E-state index in [1.807, 2.05) is 0 Å². The lowest BCUT2D eigenvalue weighted by atomic mass is 9.96. The molecule has 1 saturated heterocycles. The molecule has 0 spiro atoms. The SMILES string of the molecule is Cc1cc(F)c(Br)cc1S(=O)(=O)N1CC(C(=O)O)CCC1C. The van der Waals surface area contributed by atoms with Gasteiger partial charge in [-0.05, 0) is 60.3 Å². The van der Waals surface area contributed by atoms with Crippen molar-refractivity contribution in [1.82, 2.24) is 4.31 Å². The highest BCUT2D eigenvalue weighted by molar-refractivity contribution is 9.10. The Balaban J connectivity index is 2.45. The van der Waals surface area contributed by atoms with E-state index >= 15 is 0 Å². The van der Waals surface area contributed by atoms with E-state index in [9.17, 15) is 17.6 Å². The Hall–Kier alpha value is -0.990. The van der Waals surface area contributed by atoms with Crippen LogP contribution in [0.4, 0.5) is 4.39 Å². The average Bonchev–Trinajstić information content (AvgIpc) is 2.42. The lowest BCUT2D eigenvalue weighted by Gasteiger charge is -2.35. The van der Waals surface area contributed by atoms with E-state index < -0.39 is 27.7 Å². The molecular formula is C14H17BrFNO4S. The second-order valence-corrected chi connectivity index (χ2v) is 8.28. The quantitative estimate of drug-likeness (QED) is 0.856. The molecule has 0 saturated carbocycles. The summed E-state index contributed by atoms with van der Waals surface area (Å²) in [5.41, 5.74) is 0.297. The van der Waals surface area contributed by atoms with E-state index in [0.29, 0.717) is 18.4 Å². The third-order valence-corrected chi connectivity index (χ3v) is 6.71. The second kappa shape index (κ2) is 6.25. The Morgan fingerprint density at radius 3 is 2.64 bits per heavy atom. The number of hydrogen-bond acceptors (Lipinski definition) is 3. The zero-order valence-electron chi connectivity index (χ0n) is 12.2. The van der Waals surface area contributed by atoms with Crippen molar-refractivity contribution >= 4 is 31.9 Å². The molecule has 122 valence electrons. The van der Waals surface area contributed by atoms with Crippen LogP contribution in [-0.4, -0.2) is 36.4 Å². The van der Waals surface area contributed by atoms with Crippen molar-refractivity contribution in [2.75, 3.05) is 6.54 Å². The molecule has 1 aromatic rings. The lowest BCUT2D eigenvalue weighted by Crippen LogP contribution is -2.47. The summed E-state index contributed by atoms with van der Waals surface area (Å²) in [5, 5.41) is 9.14. The van der Waals surface area contributed by atoms with Gasteiger partial charge >= 0.3 is 5.97 Å². The van der Waals surface area contributed by atoms with Crippen LogP contribution in [0.15, 0.2) is 21.5 Å². The normalized spacial score (nSPS) is 23.5. The van der Waals surface area contributed by atoms with Crippen LogP contribution in [0.3, 0.4) is 0 Å². The number of carbonyl (C=O) groups is 1. The first kappa shape index (κ1) is 17.4. The summed E-state index contributed by atoms with van der Waals surface area (Å²) in [6.45, 7) is 3.21. The summed E-state index contributed by atoms with van der Waals surface area (Å²) in [4.78, 5) is 11.2. The molecule has 0 radical (unpaired) electrons. The molecule has 1 aromatic carbocycles. The Bertz CT molecular complexity index is 707. The fraction of sp³-hybridized carbons (Fsp3) is 0.500. The molecule has 8 heteroatoms. The van der Waals surface area contributed by atoms with Crippen molar-refractivity contribution in [1.29, 1.82) is 0 Å². The molecule has 0 aromatic heterocycles. The topological polar surface area (TPSA) is 74.7 Å². The van der Waals surface area contributed by atoms with Crippen LogP contribution in [0, 0.1) is 18.7 Å². The molecule has 2 rings (SSSR count). The van der Waals surface area contributed by atoms with Gasteiger partial charge in [0.05, 0.1) is 15.3 Å². The number of benzene rings is 1. The summed E-state index contributed by atoms with van der Waals surface area (Å²) in [7, 11) is -3.87. The maximum absolute atomic E-state index is 13.5. The summed E-state index contributed by atoms with van der Waals surface area (Å²) < 4.78 is 40.5. The Morgan fingerprint density at radius 1 is 1.41 bits per heavy atom. The van der Waals surface area contributed by atoms with Gasteiger partial charge in [-0.3, -0.25) is 4.79 Å². The number of nitrogens with zero attached hydrogens (tertiary/aromatic N) is 1. The molecule has 0 amide bonds. The fourth-order valence-corrected chi connectivity index (χ4v) is 5.08. The van der Waals surface area contributed by atoms with Crippen molar-refractivity contribution < 1.29 is 22.7 Å². The molecule has 2 unspecified atom stereocenters. The number of carboxylic acids is 1. The van der Waals surface area contributed by atoms with Crippen LogP contribution in [0.1, 0.15) is 25.3 Å². The molecule has 1 N–H and O–H groups in total. The molecule has 0 bridgehead atoms. The number of rotatable bonds is 3. The van der Waals surface area contributed by atoms with E-state index in [0.717, 1.165) is 6.07 Å². The average molecular weight is 394 g/mol. The largest absolute Gasteiger partial charge is 0.481 e. The third-order valence-electron chi connectivity index (χ3n) is 3.98. The maximum Gasteiger partial charge on any atom is 0.307 e. The van der Waals surface area contributed by atoms with Crippen LogP contribution < -0.4 is 0 Å². The van der Waals surface area contributed by atoms with Crippen molar-refractivity contribution in [3.05, 3.63) is 28.0 Å². The standard InChI is InChI=1S/C14H17BrFNO4S/c1-8-5-12(16)11(15)6-13(8)22(20,21)17-7-10(14(18)19)4-3-9(17)2/h5-6,9-10H,3-4,7H2,1-2H3,(H,18,19). The van der Waals surface area contributed by atoms with Crippen molar-refractivity contribution in [2.24, 2.45) is 5.92 Å². The van der Waals surface area contributed by atoms with Gasteiger partial charge in [0.1, 0.15) is 5.82 Å². The number of piperidine rings is 1. The van der Waals surface area contributed by atoms with Gasteiger partial charge in [-0.25, -0.2) is 12.8 Å². The summed E-state index contributed by atoms with van der Waals surface area (Å²) in [6, 6.07) is 2.10. The zero-order valence-corrected chi connectivity index (χ0v) is 14.6. The number of sulfonamides is 1. The Morgan fingerprint density at radius 2 is 2.05 bits per heavy atom. The first-order chi connectivity index (χ1) is 10.1. The highest BCUT2D eigenvalue weighted by Crippen LogP contribution is 2.31. The first-order valence-corrected chi connectivity index (χ1v) is 9.08. The predicted molar refractivity (Wildman–Crippen MR) is 82.6 cm³/mol. The van der Waals surface area contributed by atoms with Gasteiger partial charge in [0.15, 0.2) is 0 Å². The van der Waals surface area contributed by atoms with E-state index in [4.69, 9.17) is 5.11 Å². The minimum atomic E-state index is -3.87. The van der Waals surface area contributed by atoms with Gasteiger partial charge in [0, 0.05) is 12.6 Å². The number of halogens is 2. The first-order valence-electron chi connectivity index (χ1n) is 6.85. The second-order valence-electron chi connectivity index (χ2n) is 5.57. The van der Waals surface area contributed by atoms with Gasteiger partial charge in [0.2, 0.25) is 10.0 Å². The van der Waals surface area contributed by atoms with Crippen LogP contribution >= 0.6 is 15.9 Å². The molecule has 1 heterocycles. The zero-order chi connectivity index (χ0) is 16.7. The van der Waals surface area contributed by atoms with Gasteiger partial charge in [-0.2, -0.15) is 4.31 Å². The minimum absolute atomic E-state index is 0.00124. The third kappa shape index (κ3) is 3.18. The fourth-order valence-electron chi connectivity index (χ4n) is 2.64. The van der Waals surface area contributed by atoms with Crippen LogP contribution in [0.25, 0.3) is 0 Å². The van der Waals surface area contributed by atoms with Gasteiger partial charge < -0.3 is 5.11 Å². The maximum atomic E-state index is 13.5.